The molecule has 4 nitrogen and oxygen atoms in total. The van der Waals surface area contributed by atoms with Crippen LogP contribution in [-0.2, 0) is 17.8 Å². The van der Waals surface area contributed by atoms with Gasteiger partial charge in [0.15, 0.2) is 0 Å². The fourth-order valence-electron chi connectivity index (χ4n) is 4.59. The van der Waals surface area contributed by atoms with Gasteiger partial charge in [0.05, 0.1) is 5.92 Å². The Morgan fingerprint density at radius 3 is 2.83 bits per heavy atom. The van der Waals surface area contributed by atoms with E-state index in [4.69, 9.17) is 0 Å². The second-order valence-electron chi connectivity index (χ2n) is 7.75. The lowest BCUT2D eigenvalue weighted by atomic mass is 9.92. The second kappa shape index (κ2) is 7.14. The molecule has 0 bridgehead atoms. The first-order valence-corrected chi connectivity index (χ1v) is 10.4. The third kappa shape index (κ3) is 3.39. The molecule has 1 atom stereocenters. The first-order chi connectivity index (χ1) is 11.7. The predicted molar refractivity (Wildman–Crippen MR) is 98.3 cm³/mol. The summed E-state index contributed by atoms with van der Waals surface area (Å²) in [6.45, 7) is 6.33. The summed E-state index contributed by atoms with van der Waals surface area (Å²) >= 11 is 1.84. The lowest BCUT2D eigenvalue weighted by molar-refractivity contribution is -0.138. The minimum absolute atomic E-state index is 0.221. The van der Waals surface area contributed by atoms with Gasteiger partial charge in [-0.3, -0.25) is 9.69 Å². The lowest BCUT2D eigenvalue weighted by Gasteiger charge is -2.42. The smallest absolute Gasteiger partial charge is 0.227 e. The van der Waals surface area contributed by atoms with E-state index in [1.165, 1.54) is 49.3 Å². The van der Waals surface area contributed by atoms with Crippen molar-refractivity contribution in [3.8, 4) is 0 Å². The van der Waals surface area contributed by atoms with Gasteiger partial charge >= 0.3 is 0 Å². The van der Waals surface area contributed by atoms with Gasteiger partial charge in [-0.1, -0.05) is 0 Å². The maximum atomic E-state index is 13.1. The third-order valence-electron chi connectivity index (χ3n) is 6.13. The van der Waals surface area contributed by atoms with Gasteiger partial charge in [-0.15, -0.1) is 11.3 Å². The minimum atomic E-state index is 0.221. The zero-order chi connectivity index (χ0) is 16.5. The van der Waals surface area contributed by atoms with Crippen molar-refractivity contribution in [3.63, 3.8) is 0 Å². The van der Waals surface area contributed by atoms with Crippen molar-refractivity contribution >= 4 is 17.2 Å². The molecule has 2 saturated heterocycles. The van der Waals surface area contributed by atoms with Crippen LogP contribution in [0.5, 0.6) is 0 Å². The van der Waals surface area contributed by atoms with E-state index >= 15 is 0 Å². The Kier molecular flexibility index (Phi) is 4.93. The summed E-state index contributed by atoms with van der Waals surface area (Å²) in [6.07, 6.45) is 5.83. The van der Waals surface area contributed by atoms with Crippen LogP contribution in [-0.4, -0.2) is 66.4 Å². The van der Waals surface area contributed by atoms with Crippen molar-refractivity contribution in [1.29, 1.82) is 0 Å². The van der Waals surface area contributed by atoms with Crippen LogP contribution in [0.15, 0.2) is 11.4 Å². The third-order valence-corrected chi connectivity index (χ3v) is 7.15. The summed E-state index contributed by atoms with van der Waals surface area (Å²) in [4.78, 5) is 21.7. The SMILES string of the molecule is CN1CCC(N2CCCC(C(=O)N3CCc4sccc4C3)C2)CC1. The average molecular weight is 348 g/mol. The molecule has 1 amide bonds. The van der Waals surface area contributed by atoms with Crippen LogP contribution in [0.25, 0.3) is 0 Å². The first kappa shape index (κ1) is 16.6. The molecule has 24 heavy (non-hydrogen) atoms. The molecule has 5 heteroatoms. The summed E-state index contributed by atoms with van der Waals surface area (Å²) < 4.78 is 0. The van der Waals surface area contributed by atoms with E-state index in [-0.39, 0.29) is 5.92 Å². The largest absolute Gasteiger partial charge is 0.338 e. The lowest BCUT2D eigenvalue weighted by Crippen LogP contribution is -2.51. The Hall–Kier alpha value is -0.910. The van der Waals surface area contributed by atoms with Crippen LogP contribution in [0.3, 0.4) is 0 Å². The van der Waals surface area contributed by atoms with Crippen molar-refractivity contribution in [3.05, 3.63) is 21.9 Å². The number of nitrogens with zero attached hydrogens (tertiary/aromatic N) is 3. The summed E-state index contributed by atoms with van der Waals surface area (Å²) in [5.41, 5.74) is 1.38. The van der Waals surface area contributed by atoms with Crippen LogP contribution in [0.4, 0.5) is 0 Å². The van der Waals surface area contributed by atoms with E-state index in [9.17, 15) is 4.79 Å². The van der Waals surface area contributed by atoms with Crippen molar-refractivity contribution in [2.75, 3.05) is 39.8 Å². The number of carbonyl (C=O) groups is 1. The van der Waals surface area contributed by atoms with E-state index in [1.807, 2.05) is 11.3 Å². The maximum Gasteiger partial charge on any atom is 0.227 e. The molecule has 4 heterocycles. The van der Waals surface area contributed by atoms with E-state index in [0.717, 1.165) is 32.5 Å². The van der Waals surface area contributed by atoms with Crippen LogP contribution in [0.2, 0.25) is 0 Å². The van der Waals surface area contributed by atoms with Gasteiger partial charge in [0.25, 0.3) is 0 Å². The van der Waals surface area contributed by atoms with E-state index in [1.54, 1.807) is 0 Å². The number of fused-ring (bicyclic) bond motifs is 1. The van der Waals surface area contributed by atoms with Gasteiger partial charge in [0, 0.05) is 30.6 Å². The highest BCUT2D eigenvalue weighted by Crippen LogP contribution is 2.28. The number of likely N-dealkylation sites (tertiary alicyclic amines) is 2. The molecule has 1 unspecified atom stereocenters. The van der Waals surface area contributed by atoms with Crippen LogP contribution in [0, 0.1) is 5.92 Å². The molecule has 0 N–H and O–H groups in total. The Bertz CT molecular complexity index is 579. The number of hydrogen-bond acceptors (Lipinski definition) is 4. The molecule has 2 fully saturated rings. The number of thiophene rings is 1. The molecule has 1 aromatic heterocycles. The highest BCUT2D eigenvalue weighted by atomic mass is 32.1. The highest BCUT2D eigenvalue weighted by Gasteiger charge is 2.34. The van der Waals surface area contributed by atoms with Gasteiger partial charge in [-0.05, 0) is 75.8 Å². The Morgan fingerprint density at radius 1 is 1.17 bits per heavy atom. The number of carbonyl (C=O) groups excluding carboxylic acids is 1. The average Bonchev–Trinajstić information content (AvgIpc) is 3.09. The van der Waals surface area contributed by atoms with Gasteiger partial charge in [0.1, 0.15) is 0 Å². The van der Waals surface area contributed by atoms with Crippen LogP contribution >= 0.6 is 11.3 Å². The van der Waals surface area contributed by atoms with Gasteiger partial charge < -0.3 is 9.80 Å². The Balaban J connectivity index is 1.36. The summed E-state index contributed by atoms with van der Waals surface area (Å²) in [5, 5.41) is 2.17. The minimum Gasteiger partial charge on any atom is -0.338 e. The fraction of sp³-hybridized carbons (Fsp3) is 0.737. The molecular formula is C19H29N3OS. The monoisotopic (exact) mass is 347 g/mol. The molecule has 3 aliphatic rings. The molecule has 0 aliphatic carbocycles. The molecule has 0 spiro atoms. The van der Waals surface area contributed by atoms with Crippen molar-refractivity contribution in [2.45, 2.75) is 44.7 Å². The van der Waals surface area contributed by atoms with Crippen molar-refractivity contribution in [2.24, 2.45) is 5.92 Å². The second-order valence-corrected chi connectivity index (χ2v) is 8.75. The molecule has 4 rings (SSSR count). The number of hydrogen-bond donors (Lipinski definition) is 0. The molecule has 0 radical (unpaired) electrons. The van der Waals surface area contributed by atoms with Crippen molar-refractivity contribution < 1.29 is 4.79 Å². The van der Waals surface area contributed by atoms with E-state index < -0.39 is 0 Å². The van der Waals surface area contributed by atoms with E-state index in [0.29, 0.717) is 11.9 Å². The zero-order valence-electron chi connectivity index (χ0n) is 14.7. The molecular weight excluding hydrogens is 318 g/mol. The molecule has 1 aromatic rings. The molecule has 0 aromatic carbocycles. The van der Waals surface area contributed by atoms with Gasteiger partial charge in [-0.25, -0.2) is 0 Å². The summed E-state index contributed by atoms with van der Waals surface area (Å²) in [7, 11) is 2.22. The number of piperidine rings is 2. The Morgan fingerprint density at radius 2 is 2.00 bits per heavy atom. The first-order valence-electron chi connectivity index (χ1n) is 9.47. The quantitative estimate of drug-likeness (QED) is 0.822. The highest BCUT2D eigenvalue weighted by molar-refractivity contribution is 7.10. The standard InChI is InChI=1S/C19H29N3OS/c1-20-9-4-17(5-10-20)21-8-2-3-16(14-21)19(23)22-11-6-18-15(13-22)7-12-24-18/h7,12,16-17H,2-6,8-11,13-14H2,1H3. The normalized spacial score (nSPS) is 27.2. The Labute approximate surface area is 149 Å². The number of rotatable bonds is 2. The summed E-state index contributed by atoms with van der Waals surface area (Å²) in [5.74, 6) is 0.628. The van der Waals surface area contributed by atoms with Crippen LogP contribution in [0.1, 0.15) is 36.1 Å². The zero-order valence-corrected chi connectivity index (χ0v) is 15.6. The number of amides is 1. The summed E-state index contributed by atoms with van der Waals surface area (Å²) in [6, 6.07) is 2.90. The predicted octanol–water partition coefficient (Wildman–Crippen LogP) is 2.44. The van der Waals surface area contributed by atoms with Crippen molar-refractivity contribution in [1.82, 2.24) is 14.7 Å². The van der Waals surface area contributed by atoms with Crippen LogP contribution < -0.4 is 0 Å². The topological polar surface area (TPSA) is 26.8 Å². The van der Waals surface area contributed by atoms with Gasteiger partial charge in [-0.2, -0.15) is 0 Å². The molecule has 0 saturated carbocycles. The van der Waals surface area contributed by atoms with Gasteiger partial charge in [0.2, 0.25) is 5.91 Å². The molecule has 3 aliphatic heterocycles. The fourth-order valence-corrected chi connectivity index (χ4v) is 5.48. The maximum absolute atomic E-state index is 13.1. The molecule has 132 valence electrons. The van der Waals surface area contributed by atoms with E-state index in [2.05, 4.69) is 33.2 Å².